The molecule has 1 aromatic rings. The van der Waals surface area contributed by atoms with Crippen LogP contribution in [-0.2, 0) is 17.8 Å². The van der Waals surface area contributed by atoms with Crippen LogP contribution in [0.25, 0.3) is 0 Å². The van der Waals surface area contributed by atoms with Gasteiger partial charge >= 0.3 is 0 Å². The van der Waals surface area contributed by atoms with Gasteiger partial charge in [-0.05, 0) is 68.8 Å². The molecule has 0 aromatic heterocycles. The Morgan fingerprint density at radius 3 is 2.62 bits per heavy atom. The van der Waals surface area contributed by atoms with E-state index in [0.29, 0.717) is 12.5 Å². The number of amides is 1. The SMILES string of the molecule is O=C(CN1CCC(C2CCCN2)CC1)N1CCc2ccccc2C1. The first kappa shape index (κ1) is 16.1. The highest BCUT2D eigenvalue weighted by molar-refractivity contribution is 5.78. The molecule has 0 spiro atoms. The number of fused-ring (bicyclic) bond motifs is 1. The number of carbonyl (C=O) groups is 1. The van der Waals surface area contributed by atoms with Crippen molar-refractivity contribution in [1.29, 1.82) is 0 Å². The summed E-state index contributed by atoms with van der Waals surface area (Å²) in [5.74, 6) is 1.13. The lowest BCUT2D eigenvalue weighted by Crippen LogP contribution is -2.46. The average molecular weight is 327 g/mol. The average Bonchev–Trinajstić information content (AvgIpc) is 3.16. The number of nitrogens with one attached hydrogen (secondary N) is 1. The molecule has 4 rings (SSSR count). The van der Waals surface area contributed by atoms with E-state index in [-0.39, 0.29) is 0 Å². The quantitative estimate of drug-likeness (QED) is 0.923. The van der Waals surface area contributed by atoms with Gasteiger partial charge in [-0.2, -0.15) is 0 Å². The van der Waals surface area contributed by atoms with Gasteiger partial charge < -0.3 is 10.2 Å². The minimum absolute atomic E-state index is 0.307. The van der Waals surface area contributed by atoms with Crippen LogP contribution in [0.3, 0.4) is 0 Å². The van der Waals surface area contributed by atoms with Crippen molar-refractivity contribution >= 4 is 5.91 Å². The maximum Gasteiger partial charge on any atom is 0.237 e. The van der Waals surface area contributed by atoms with Crippen LogP contribution in [0.4, 0.5) is 0 Å². The molecule has 3 aliphatic rings. The Morgan fingerprint density at radius 1 is 1.08 bits per heavy atom. The van der Waals surface area contributed by atoms with Gasteiger partial charge in [0, 0.05) is 19.1 Å². The third kappa shape index (κ3) is 3.50. The van der Waals surface area contributed by atoms with E-state index in [0.717, 1.165) is 44.6 Å². The predicted octanol–water partition coefficient (Wildman–Crippen LogP) is 2.04. The van der Waals surface area contributed by atoms with Crippen LogP contribution in [0.5, 0.6) is 0 Å². The molecule has 4 heteroatoms. The molecule has 3 heterocycles. The Morgan fingerprint density at radius 2 is 1.88 bits per heavy atom. The molecular weight excluding hydrogens is 298 g/mol. The molecule has 0 radical (unpaired) electrons. The fraction of sp³-hybridized carbons (Fsp3) is 0.650. The molecule has 4 nitrogen and oxygen atoms in total. The van der Waals surface area contributed by atoms with Crippen molar-refractivity contribution in [1.82, 2.24) is 15.1 Å². The molecule has 0 aliphatic carbocycles. The molecule has 0 saturated carbocycles. The van der Waals surface area contributed by atoms with Crippen LogP contribution in [-0.4, -0.2) is 54.5 Å². The Kier molecular flexibility index (Phi) is 4.86. The van der Waals surface area contributed by atoms with Gasteiger partial charge in [0.15, 0.2) is 0 Å². The largest absolute Gasteiger partial charge is 0.337 e. The van der Waals surface area contributed by atoms with Crippen molar-refractivity contribution in [2.45, 2.75) is 44.7 Å². The van der Waals surface area contributed by atoms with Crippen LogP contribution >= 0.6 is 0 Å². The van der Waals surface area contributed by atoms with Crippen molar-refractivity contribution in [2.75, 3.05) is 32.7 Å². The molecule has 1 atom stereocenters. The molecule has 1 N–H and O–H groups in total. The normalized spacial score (nSPS) is 25.7. The predicted molar refractivity (Wildman–Crippen MR) is 95.8 cm³/mol. The first-order valence-corrected chi connectivity index (χ1v) is 9.60. The third-order valence-electron chi connectivity index (χ3n) is 6.14. The van der Waals surface area contributed by atoms with Crippen LogP contribution in [0.15, 0.2) is 24.3 Å². The summed E-state index contributed by atoms with van der Waals surface area (Å²) in [7, 11) is 0. The Hall–Kier alpha value is -1.39. The summed E-state index contributed by atoms with van der Waals surface area (Å²) in [6.45, 7) is 5.63. The Labute approximate surface area is 145 Å². The summed E-state index contributed by atoms with van der Waals surface area (Å²) in [4.78, 5) is 17.1. The number of carbonyl (C=O) groups excluding carboxylic acids is 1. The molecule has 130 valence electrons. The fourth-order valence-electron chi connectivity index (χ4n) is 4.63. The standard InChI is InChI=1S/C20H29N3O/c24-20(23-13-9-16-4-1-2-5-18(16)14-23)15-22-11-7-17(8-12-22)19-6-3-10-21-19/h1-2,4-5,17,19,21H,3,6-15H2. The molecule has 1 aromatic carbocycles. The van der Waals surface area contributed by atoms with Gasteiger partial charge in [-0.25, -0.2) is 0 Å². The number of hydrogen-bond donors (Lipinski definition) is 1. The van der Waals surface area contributed by atoms with E-state index >= 15 is 0 Å². The number of rotatable bonds is 3. The van der Waals surface area contributed by atoms with Gasteiger partial charge in [0.2, 0.25) is 5.91 Å². The van der Waals surface area contributed by atoms with E-state index in [1.807, 2.05) is 4.90 Å². The summed E-state index contributed by atoms with van der Waals surface area (Å²) in [6, 6.07) is 9.27. The number of likely N-dealkylation sites (tertiary alicyclic amines) is 1. The van der Waals surface area contributed by atoms with Crippen molar-refractivity contribution in [3.05, 3.63) is 35.4 Å². The van der Waals surface area contributed by atoms with Crippen molar-refractivity contribution < 1.29 is 4.79 Å². The lowest BCUT2D eigenvalue weighted by molar-refractivity contribution is -0.133. The second kappa shape index (κ2) is 7.24. The topological polar surface area (TPSA) is 35.6 Å². The van der Waals surface area contributed by atoms with Crippen LogP contribution in [0.2, 0.25) is 0 Å². The summed E-state index contributed by atoms with van der Waals surface area (Å²) in [5.41, 5.74) is 2.73. The smallest absolute Gasteiger partial charge is 0.237 e. The molecule has 2 fully saturated rings. The summed E-state index contributed by atoms with van der Waals surface area (Å²) < 4.78 is 0. The number of hydrogen-bond acceptors (Lipinski definition) is 3. The van der Waals surface area contributed by atoms with Gasteiger partial charge in [0.25, 0.3) is 0 Å². The van der Waals surface area contributed by atoms with Gasteiger partial charge in [-0.3, -0.25) is 9.69 Å². The summed E-state index contributed by atoms with van der Waals surface area (Å²) in [6.07, 6.45) is 6.16. The van der Waals surface area contributed by atoms with Gasteiger partial charge in [-0.15, -0.1) is 0 Å². The molecule has 1 unspecified atom stereocenters. The van der Waals surface area contributed by atoms with Crippen molar-refractivity contribution in [3.63, 3.8) is 0 Å². The molecular formula is C20H29N3O. The van der Waals surface area contributed by atoms with E-state index < -0.39 is 0 Å². The van der Waals surface area contributed by atoms with E-state index in [4.69, 9.17) is 0 Å². The Balaban J connectivity index is 1.27. The first-order valence-electron chi connectivity index (χ1n) is 9.60. The minimum Gasteiger partial charge on any atom is -0.337 e. The van der Waals surface area contributed by atoms with Crippen LogP contribution in [0, 0.1) is 5.92 Å². The van der Waals surface area contributed by atoms with Crippen LogP contribution in [0.1, 0.15) is 36.8 Å². The molecule has 1 amide bonds. The van der Waals surface area contributed by atoms with Crippen molar-refractivity contribution in [3.8, 4) is 0 Å². The maximum absolute atomic E-state index is 12.7. The third-order valence-corrected chi connectivity index (χ3v) is 6.14. The van der Waals surface area contributed by atoms with Crippen LogP contribution < -0.4 is 5.32 Å². The zero-order chi connectivity index (χ0) is 16.4. The van der Waals surface area contributed by atoms with Gasteiger partial charge in [0.1, 0.15) is 0 Å². The molecule has 0 bridgehead atoms. The molecule has 3 aliphatic heterocycles. The summed E-state index contributed by atoms with van der Waals surface area (Å²) >= 11 is 0. The van der Waals surface area contributed by atoms with E-state index in [1.54, 1.807) is 0 Å². The Bertz CT molecular complexity index is 574. The second-order valence-electron chi connectivity index (χ2n) is 7.65. The maximum atomic E-state index is 12.7. The monoisotopic (exact) mass is 327 g/mol. The summed E-state index contributed by atoms with van der Waals surface area (Å²) in [5, 5.41) is 3.65. The lowest BCUT2D eigenvalue weighted by atomic mass is 9.88. The van der Waals surface area contributed by atoms with E-state index in [1.165, 1.54) is 43.4 Å². The van der Waals surface area contributed by atoms with Crippen molar-refractivity contribution in [2.24, 2.45) is 5.92 Å². The number of nitrogens with zero attached hydrogens (tertiary/aromatic N) is 2. The zero-order valence-corrected chi connectivity index (χ0v) is 14.5. The number of piperidine rings is 1. The lowest BCUT2D eigenvalue weighted by Gasteiger charge is -2.36. The van der Waals surface area contributed by atoms with Gasteiger partial charge in [-0.1, -0.05) is 24.3 Å². The first-order chi connectivity index (χ1) is 11.8. The van der Waals surface area contributed by atoms with E-state index in [2.05, 4.69) is 34.5 Å². The minimum atomic E-state index is 0.307. The van der Waals surface area contributed by atoms with E-state index in [9.17, 15) is 4.79 Å². The highest BCUT2D eigenvalue weighted by Gasteiger charge is 2.30. The zero-order valence-electron chi connectivity index (χ0n) is 14.5. The number of benzene rings is 1. The second-order valence-corrected chi connectivity index (χ2v) is 7.65. The fourth-order valence-corrected chi connectivity index (χ4v) is 4.63. The van der Waals surface area contributed by atoms with Gasteiger partial charge in [0.05, 0.1) is 6.54 Å². The highest BCUT2D eigenvalue weighted by atomic mass is 16.2. The molecule has 24 heavy (non-hydrogen) atoms. The molecule has 2 saturated heterocycles. The highest BCUT2D eigenvalue weighted by Crippen LogP contribution is 2.26.